The fourth-order valence-corrected chi connectivity index (χ4v) is 4.23. The van der Waals surface area contributed by atoms with Crippen molar-refractivity contribution in [2.75, 3.05) is 19.7 Å². The highest BCUT2D eigenvalue weighted by Crippen LogP contribution is 2.37. The Morgan fingerprint density at radius 2 is 2.11 bits per heavy atom. The summed E-state index contributed by atoms with van der Waals surface area (Å²) in [6.07, 6.45) is 0. The maximum atomic E-state index is 11.2. The predicted octanol–water partition coefficient (Wildman–Crippen LogP) is 2.79. The molecule has 0 aliphatic carbocycles. The van der Waals surface area contributed by atoms with Gasteiger partial charge in [-0.05, 0) is 29.8 Å². The second-order valence-electron chi connectivity index (χ2n) is 6.15. The molecule has 2 aromatic rings. The van der Waals surface area contributed by atoms with Crippen molar-refractivity contribution in [3.63, 3.8) is 0 Å². The number of thioether (sulfide) groups is 1. The number of aliphatic carboxylic acids is 1. The van der Waals surface area contributed by atoms with E-state index in [1.54, 1.807) is 24.9 Å². The fraction of sp³-hybridized carbons (Fsp3) is 0.316. The molecule has 142 valence electrons. The summed E-state index contributed by atoms with van der Waals surface area (Å²) in [5.74, 6) is 2.47. The van der Waals surface area contributed by atoms with E-state index in [1.165, 1.54) is 0 Å². The zero-order chi connectivity index (χ0) is 18.8. The number of methoxy groups -OCH3 is 1. The van der Waals surface area contributed by atoms with Gasteiger partial charge in [0.1, 0.15) is 24.1 Å². The lowest BCUT2D eigenvalue weighted by atomic mass is 10.1. The Morgan fingerprint density at radius 3 is 2.89 bits per heavy atom. The van der Waals surface area contributed by atoms with Crippen LogP contribution < -0.4 is 24.3 Å². The van der Waals surface area contributed by atoms with Gasteiger partial charge in [0.05, 0.1) is 12.5 Å². The third kappa shape index (κ3) is 3.77. The first-order chi connectivity index (χ1) is 13.1. The molecule has 1 fully saturated rings. The van der Waals surface area contributed by atoms with Gasteiger partial charge in [-0.1, -0.05) is 6.07 Å². The van der Waals surface area contributed by atoms with Gasteiger partial charge in [-0.15, -0.1) is 11.8 Å². The lowest BCUT2D eigenvalue weighted by Crippen LogP contribution is -2.33. The molecule has 0 spiro atoms. The molecule has 2 aromatic carbocycles. The third-order valence-corrected chi connectivity index (χ3v) is 5.69. The number of nitrogens with one attached hydrogen (secondary N) is 1. The summed E-state index contributed by atoms with van der Waals surface area (Å²) in [6.45, 7) is 0.536. The zero-order valence-corrected chi connectivity index (χ0v) is 15.5. The normalized spacial score (nSPS) is 20.5. The molecule has 2 heterocycles. The third-order valence-electron chi connectivity index (χ3n) is 4.43. The number of carboxylic acid groups (broad SMARTS) is 1. The number of carboxylic acids is 1. The SMILES string of the molecule is COc1ccc([C@H]2N[C@@H](C(=O)O)CS2)cc1COc1ccc2c(c1)OCO2. The van der Waals surface area contributed by atoms with E-state index in [2.05, 4.69) is 5.32 Å². The standard InChI is InChI=1S/C19H19NO6S/c1-23-15-4-2-11(18-20-14(9-27-18)19(21)22)6-12(15)8-24-13-3-5-16-17(7-13)26-10-25-16/h2-7,14,18,20H,8-10H2,1H3,(H,21,22)/t14-,18+/m1/s1. The van der Waals surface area contributed by atoms with E-state index in [0.29, 0.717) is 29.6 Å². The van der Waals surface area contributed by atoms with E-state index in [0.717, 1.165) is 16.9 Å². The van der Waals surface area contributed by atoms with E-state index in [4.69, 9.17) is 24.1 Å². The Balaban J connectivity index is 1.49. The molecule has 8 heteroatoms. The van der Waals surface area contributed by atoms with Crippen LogP contribution in [0.4, 0.5) is 0 Å². The summed E-state index contributed by atoms with van der Waals surface area (Å²) in [5.41, 5.74) is 1.88. The fourth-order valence-electron chi connectivity index (χ4n) is 3.01. The van der Waals surface area contributed by atoms with Gasteiger partial charge in [0.2, 0.25) is 6.79 Å². The molecule has 0 unspecified atom stereocenters. The van der Waals surface area contributed by atoms with Crippen LogP contribution in [-0.4, -0.2) is 36.8 Å². The monoisotopic (exact) mass is 389 g/mol. The van der Waals surface area contributed by atoms with Crippen LogP contribution in [0.1, 0.15) is 16.5 Å². The van der Waals surface area contributed by atoms with Crippen molar-refractivity contribution >= 4 is 17.7 Å². The van der Waals surface area contributed by atoms with Crippen LogP contribution >= 0.6 is 11.8 Å². The molecular weight excluding hydrogens is 370 g/mol. The first kappa shape index (κ1) is 17.8. The lowest BCUT2D eigenvalue weighted by Gasteiger charge is -2.16. The van der Waals surface area contributed by atoms with Crippen LogP contribution in [-0.2, 0) is 11.4 Å². The van der Waals surface area contributed by atoms with Crippen molar-refractivity contribution in [3.8, 4) is 23.0 Å². The lowest BCUT2D eigenvalue weighted by molar-refractivity contribution is -0.138. The number of benzene rings is 2. The van der Waals surface area contributed by atoms with Crippen LogP contribution in [0.3, 0.4) is 0 Å². The van der Waals surface area contributed by atoms with Gasteiger partial charge in [-0.2, -0.15) is 0 Å². The van der Waals surface area contributed by atoms with E-state index in [1.807, 2.05) is 30.3 Å². The van der Waals surface area contributed by atoms with Crippen molar-refractivity contribution in [3.05, 3.63) is 47.5 Å². The highest BCUT2D eigenvalue weighted by Gasteiger charge is 2.30. The number of hydrogen-bond acceptors (Lipinski definition) is 7. The molecule has 0 saturated carbocycles. The first-order valence-electron chi connectivity index (χ1n) is 8.44. The second-order valence-corrected chi connectivity index (χ2v) is 7.28. The van der Waals surface area contributed by atoms with Crippen molar-refractivity contribution in [1.29, 1.82) is 0 Å². The Kier molecular flexibility index (Phi) is 5.00. The van der Waals surface area contributed by atoms with Gasteiger partial charge in [0, 0.05) is 17.4 Å². The summed E-state index contributed by atoms with van der Waals surface area (Å²) in [6, 6.07) is 10.7. The number of hydrogen-bond donors (Lipinski definition) is 2. The quantitative estimate of drug-likeness (QED) is 0.780. The number of rotatable bonds is 6. The number of fused-ring (bicyclic) bond motifs is 1. The summed E-state index contributed by atoms with van der Waals surface area (Å²) in [5, 5.41) is 12.2. The van der Waals surface area contributed by atoms with Crippen LogP contribution in [0.25, 0.3) is 0 Å². The van der Waals surface area contributed by atoms with Crippen LogP contribution in [0.2, 0.25) is 0 Å². The van der Waals surface area contributed by atoms with E-state index in [-0.39, 0.29) is 12.2 Å². The molecule has 0 amide bonds. The average Bonchev–Trinajstić information content (AvgIpc) is 3.35. The minimum atomic E-state index is -0.829. The summed E-state index contributed by atoms with van der Waals surface area (Å²) < 4.78 is 22.0. The van der Waals surface area contributed by atoms with E-state index in [9.17, 15) is 4.79 Å². The maximum Gasteiger partial charge on any atom is 0.321 e. The van der Waals surface area contributed by atoms with Gasteiger partial charge in [-0.25, -0.2) is 0 Å². The molecule has 7 nitrogen and oxygen atoms in total. The van der Waals surface area contributed by atoms with E-state index >= 15 is 0 Å². The molecule has 4 rings (SSSR count). The Labute approximate surface area is 160 Å². The first-order valence-corrected chi connectivity index (χ1v) is 9.48. The number of carbonyl (C=O) groups is 1. The summed E-state index contributed by atoms with van der Waals surface area (Å²) >= 11 is 1.58. The van der Waals surface area contributed by atoms with Crippen molar-refractivity contribution in [2.24, 2.45) is 0 Å². The Hall–Kier alpha value is -2.58. The zero-order valence-electron chi connectivity index (χ0n) is 14.6. The topological polar surface area (TPSA) is 86.3 Å². The smallest absolute Gasteiger partial charge is 0.321 e. The van der Waals surface area contributed by atoms with Gasteiger partial charge >= 0.3 is 5.97 Å². The molecule has 0 bridgehead atoms. The highest BCUT2D eigenvalue weighted by molar-refractivity contribution is 7.99. The average molecular weight is 389 g/mol. The van der Waals surface area contributed by atoms with Crippen molar-refractivity contribution in [1.82, 2.24) is 5.32 Å². The summed E-state index contributed by atoms with van der Waals surface area (Å²) in [4.78, 5) is 11.2. The van der Waals surface area contributed by atoms with Crippen molar-refractivity contribution in [2.45, 2.75) is 18.0 Å². The molecular formula is C19H19NO6S. The number of ether oxygens (including phenoxy) is 4. The van der Waals surface area contributed by atoms with Crippen LogP contribution in [0.15, 0.2) is 36.4 Å². The van der Waals surface area contributed by atoms with Gasteiger partial charge in [-0.3, -0.25) is 10.1 Å². The Morgan fingerprint density at radius 1 is 1.26 bits per heavy atom. The van der Waals surface area contributed by atoms with Crippen molar-refractivity contribution < 1.29 is 28.8 Å². The molecule has 27 heavy (non-hydrogen) atoms. The highest BCUT2D eigenvalue weighted by atomic mass is 32.2. The molecule has 0 radical (unpaired) electrons. The van der Waals surface area contributed by atoms with Gasteiger partial charge in [0.15, 0.2) is 11.5 Å². The summed E-state index contributed by atoms with van der Waals surface area (Å²) in [7, 11) is 1.61. The molecule has 1 saturated heterocycles. The van der Waals surface area contributed by atoms with E-state index < -0.39 is 12.0 Å². The van der Waals surface area contributed by atoms with Crippen LogP contribution in [0, 0.1) is 0 Å². The maximum absolute atomic E-state index is 11.2. The largest absolute Gasteiger partial charge is 0.496 e. The molecule has 2 aliphatic heterocycles. The molecule has 2 N–H and O–H groups in total. The predicted molar refractivity (Wildman–Crippen MR) is 99.6 cm³/mol. The molecule has 2 aliphatic rings. The molecule has 2 atom stereocenters. The minimum absolute atomic E-state index is 0.0682. The Bertz CT molecular complexity index is 858. The van der Waals surface area contributed by atoms with Crippen LogP contribution in [0.5, 0.6) is 23.0 Å². The minimum Gasteiger partial charge on any atom is -0.496 e. The second kappa shape index (κ2) is 7.58. The van der Waals surface area contributed by atoms with Gasteiger partial charge < -0.3 is 24.1 Å². The van der Waals surface area contributed by atoms with Gasteiger partial charge in [0.25, 0.3) is 0 Å². The molecule has 0 aromatic heterocycles.